The quantitative estimate of drug-likeness (QED) is 0.783. The lowest BCUT2D eigenvalue weighted by Gasteiger charge is -2.14. The summed E-state index contributed by atoms with van der Waals surface area (Å²) in [5.74, 6) is 0. The third-order valence-electron chi connectivity index (χ3n) is 2.20. The standard InChI is InChI=1S/C11H13Cl2N/c1-3-4-10(14)8-5-6-9(12)11(13)7(8)2/h3,5-6,10H,1,4,14H2,2H3/t10-/m0/s1. The first-order valence-electron chi connectivity index (χ1n) is 4.39. The van der Waals surface area contributed by atoms with Gasteiger partial charge in [-0.1, -0.05) is 35.3 Å². The first kappa shape index (κ1) is 11.6. The van der Waals surface area contributed by atoms with E-state index >= 15 is 0 Å². The minimum Gasteiger partial charge on any atom is -0.324 e. The third-order valence-corrected chi connectivity index (χ3v) is 3.10. The number of hydrogen-bond donors (Lipinski definition) is 1. The van der Waals surface area contributed by atoms with Gasteiger partial charge in [-0.05, 0) is 30.5 Å². The molecule has 1 aromatic carbocycles. The van der Waals surface area contributed by atoms with Crippen LogP contribution in [0.3, 0.4) is 0 Å². The molecule has 0 saturated carbocycles. The van der Waals surface area contributed by atoms with Gasteiger partial charge in [0, 0.05) is 6.04 Å². The molecule has 14 heavy (non-hydrogen) atoms. The van der Waals surface area contributed by atoms with E-state index in [-0.39, 0.29) is 6.04 Å². The predicted molar refractivity (Wildman–Crippen MR) is 62.9 cm³/mol. The highest BCUT2D eigenvalue weighted by atomic mass is 35.5. The molecule has 0 aliphatic carbocycles. The summed E-state index contributed by atoms with van der Waals surface area (Å²) >= 11 is 11.9. The van der Waals surface area contributed by atoms with Crippen molar-refractivity contribution in [2.75, 3.05) is 0 Å². The molecule has 0 aromatic heterocycles. The van der Waals surface area contributed by atoms with Crippen molar-refractivity contribution in [1.29, 1.82) is 0 Å². The van der Waals surface area contributed by atoms with E-state index in [0.29, 0.717) is 10.0 Å². The Labute approximate surface area is 94.5 Å². The molecule has 1 atom stereocenters. The molecular weight excluding hydrogens is 217 g/mol. The van der Waals surface area contributed by atoms with Crippen LogP contribution in [0.4, 0.5) is 0 Å². The zero-order valence-electron chi connectivity index (χ0n) is 8.06. The number of nitrogens with two attached hydrogens (primary N) is 1. The van der Waals surface area contributed by atoms with Gasteiger partial charge in [0.15, 0.2) is 0 Å². The van der Waals surface area contributed by atoms with E-state index in [9.17, 15) is 0 Å². The average molecular weight is 230 g/mol. The summed E-state index contributed by atoms with van der Waals surface area (Å²) in [7, 11) is 0. The van der Waals surface area contributed by atoms with Crippen LogP contribution in [0.2, 0.25) is 10.0 Å². The topological polar surface area (TPSA) is 26.0 Å². The van der Waals surface area contributed by atoms with Crippen LogP contribution in [-0.4, -0.2) is 0 Å². The fraction of sp³-hybridized carbons (Fsp3) is 0.273. The fourth-order valence-corrected chi connectivity index (χ4v) is 1.75. The Morgan fingerprint density at radius 3 is 2.71 bits per heavy atom. The van der Waals surface area contributed by atoms with E-state index < -0.39 is 0 Å². The van der Waals surface area contributed by atoms with E-state index in [4.69, 9.17) is 28.9 Å². The number of benzene rings is 1. The molecule has 0 spiro atoms. The summed E-state index contributed by atoms with van der Waals surface area (Å²) in [6.45, 7) is 5.58. The molecule has 1 nitrogen and oxygen atoms in total. The Balaban J connectivity index is 3.10. The van der Waals surface area contributed by atoms with Crippen LogP contribution in [-0.2, 0) is 0 Å². The SMILES string of the molecule is C=CC[C@H](N)c1ccc(Cl)c(Cl)c1C. The fourth-order valence-electron chi connectivity index (χ4n) is 1.38. The van der Waals surface area contributed by atoms with Gasteiger partial charge < -0.3 is 5.73 Å². The molecule has 76 valence electrons. The molecule has 0 unspecified atom stereocenters. The van der Waals surface area contributed by atoms with Crippen molar-refractivity contribution in [2.24, 2.45) is 5.73 Å². The maximum atomic E-state index is 6.01. The van der Waals surface area contributed by atoms with E-state index in [1.165, 1.54) is 0 Å². The van der Waals surface area contributed by atoms with Gasteiger partial charge in [-0.2, -0.15) is 0 Å². The maximum Gasteiger partial charge on any atom is 0.0624 e. The minimum atomic E-state index is -0.0535. The van der Waals surface area contributed by atoms with Crippen LogP contribution in [0, 0.1) is 6.92 Å². The second-order valence-corrected chi connectivity index (χ2v) is 3.99. The second kappa shape index (κ2) is 4.83. The zero-order chi connectivity index (χ0) is 10.7. The monoisotopic (exact) mass is 229 g/mol. The van der Waals surface area contributed by atoms with Gasteiger partial charge in [0.1, 0.15) is 0 Å². The molecule has 0 aliphatic rings. The molecule has 0 amide bonds. The Morgan fingerprint density at radius 2 is 2.14 bits per heavy atom. The smallest absolute Gasteiger partial charge is 0.0624 e. The van der Waals surface area contributed by atoms with Gasteiger partial charge in [0.2, 0.25) is 0 Å². The van der Waals surface area contributed by atoms with Crippen molar-refractivity contribution < 1.29 is 0 Å². The molecule has 0 radical (unpaired) electrons. The van der Waals surface area contributed by atoms with Gasteiger partial charge in [-0.25, -0.2) is 0 Å². The van der Waals surface area contributed by atoms with E-state index in [1.807, 2.05) is 13.0 Å². The minimum absolute atomic E-state index is 0.0535. The zero-order valence-corrected chi connectivity index (χ0v) is 9.57. The second-order valence-electron chi connectivity index (χ2n) is 3.21. The van der Waals surface area contributed by atoms with Gasteiger partial charge in [-0.3, -0.25) is 0 Å². The summed E-state index contributed by atoms with van der Waals surface area (Å²) in [5, 5.41) is 1.15. The molecule has 0 saturated heterocycles. The van der Waals surface area contributed by atoms with Gasteiger partial charge in [-0.15, -0.1) is 6.58 Å². The summed E-state index contributed by atoms with van der Waals surface area (Å²) < 4.78 is 0. The van der Waals surface area contributed by atoms with Crippen molar-refractivity contribution in [3.8, 4) is 0 Å². The molecule has 0 fully saturated rings. The maximum absolute atomic E-state index is 6.01. The highest BCUT2D eigenvalue weighted by Crippen LogP contribution is 2.31. The molecule has 0 bridgehead atoms. The lowest BCUT2D eigenvalue weighted by molar-refractivity contribution is 0.736. The van der Waals surface area contributed by atoms with Crippen molar-refractivity contribution in [3.63, 3.8) is 0 Å². The lowest BCUT2D eigenvalue weighted by Crippen LogP contribution is -2.10. The average Bonchev–Trinajstić information content (AvgIpc) is 2.15. The molecule has 0 heterocycles. The van der Waals surface area contributed by atoms with Gasteiger partial charge in [0.25, 0.3) is 0 Å². The summed E-state index contributed by atoms with van der Waals surface area (Å²) in [6, 6.07) is 3.63. The normalized spacial score (nSPS) is 12.6. The van der Waals surface area contributed by atoms with Crippen LogP contribution < -0.4 is 5.73 Å². The molecule has 1 aromatic rings. The van der Waals surface area contributed by atoms with E-state index in [1.54, 1.807) is 12.1 Å². The Kier molecular flexibility index (Phi) is 3.99. The Bertz CT molecular complexity index is 347. The Morgan fingerprint density at radius 1 is 1.50 bits per heavy atom. The van der Waals surface area contributed by atoms with Crippen LogP contribution in [0.25, 0.3) is 0 Å². The number of hydrogen-bond acceptors (Lipinski definition) is 1. The molecule has 1 rings (SSSR count). The predicted octanol–water partition coefficient (Wildman–Crippen LogP) is 3.88. The lowest BCUT2D eigenvalue weighted by atomic mass is 9.99. The number of rotatable bonds is 3. The molecule has 0 aliphatic heterocycles. The molecule has 2 N–H and O–H groups in total. The summed E-state index contributed by atoms with van der Waals surface area (Å²) in [6.07, 6.45) is 2.53. The van der Waals surface area contributed by atoms with Gasteiger partial charge >= 0.3 is 0 Å². The van der Waals surface area contributed by atoms with Crippen LogP contribution >= 0.6 is 23.2 Å². The molecular formula is C11H13Cl2N. The highest BCUT2D eigenvalue weighted by molar-refractivity contribution is 6.42. The van der Waals surface area contributed by atoms with Crippen LogP contribution in [0.1, 0.15) is 23.6 Å². The Hall–Kier alpha value is -0.500. The molecule has 3 heteroatoms. The van der Waals surface area contributed by atoms with Crippen LogP contribution in [0.5, 0.6) is 0 Å². The number of halogens is 2. The first-order chi connectivity index (χ1) is 6.57. The van der Waals surface area contributed by atoms with Crippen LogP contribution in [0.15, 0.2) is 24.8 Å². The van der Waals surface area contributed by atoms with Gasteiger partial charge in [0.05, 0.1) is 10.0 Å². The summed E-state index contributed by atoms with van der Waals surface area (Å²) in [4.78, 5) is 0. The van der Waals surface area contributed by atoms with E-state index in [2.05, 4.69) is 6.58 Å². The van der Waals surface area contributed by atoms with Crippen molar-refractivity contribution in [3.05, 3.63) is 46.0 Å². The van der Waals surface area contributed by atoms with Crippen molar-refractivity contribution in [1.82, 2.24) is 0 Å². The largest absolute Gasteiger partial charge is 0.324 e. The van der Waals surface area contributed by atoms with Crippen molar-refractivity contribution in [2.45, 2.75) is 19.4 Å². The third kappa shape index (κ3) is 2.30. The summed E-state index contributed by atoms with van der Waals surface area (Å²) in [5.41, 5.74) is 7.93. The van der Waals surface area contributed by atoms with E-state index in [0.717, 1.165) is 17.5 Å². The first-order valence-corrected chi connectivity index (χ1v) is 5.14. The highest BCUT2D eigenvalue weighted by Gasteiger charge is 2.11. The van der Waals surface area contributed by atoms with Crippen molar-refractivity contribution >= 4 is 23.2 Å².